The number of hydrogen-bond donors (Lipinski definition) is 1. The van der Waals surface area contributed by atoms with E-state index in [1.807, 2.05) is 37.3 Å². The highest BCUT2D eigenvalue weighted by Crippen LogP contribution is 2.28. The molecule has 1 aromatic carbocycles. The molecule has 2 aromatic rings. The first kappa shape index (κ1) is 13.6. The van der Waals surface area contributed by atoms with E-state index < -0.39 is 5.60 Å². The SMILES string of the molecule is CCC(O)(Cc1ccccc1)Cc1ccc(Cl)s1. The molecule has 0 fully saturated rings. The van der Waals surface area contributed by atoms with Crippen LogP contribution in [0.15, 0.2) is 42.5 Å². The molecule has 0 saturated carbocycles. The van der Waals surface area contributed by atoms with Crippen LogP contribution in [-0.4, -0.2) is 10.7 Å². The first-order valence-electron chi connectivity index (χ1n) is 6.12. The van der Waals surface area contributed by atoms with Gasteiger partial charge in [0, 0.05) is 17.7 Å². The Morgan fingerprint density at radius 3 is 2.39 bits per heavy atom. The van der Waals surface area contributed by atoms with Gasteiger partial charge in [0.2, 0.25) is 0 Å². The van der Waals surface area contributed by atoms with Crippen LogP contribution in [0, 0.1) is 0 Å². The normalized spacial score (nSPS) is 14.4. The summed E-state index contributed by atoms with van der Waals surface area (Å²) in [7, 11) is 0. The van der Waals surface area contributed by atoms with Crippen molar-refractivity contribution in [3.05, 3.63) is 57.2 Å². The van der Waals surface area contributed by atoms with Crippen molar-refractivity contribution >= 4 is 22.9 Å². The lowest BCUT2D eigenvalue weighted by Crippen LogP contribution is -2.33. The maximum absolute atomic E-state index is 10.7. The number of halogens is 1. The summed E-state index contributed by atoms with van der Waals surface area (Å²) < 4.78 is 0.781. The first-order chi connectivity index (χ1) is 8.61. The van der Waals surface area contributed by atoms with Gasteiger partial charge in [-0.15, -0.1) is 11.3 Å². The Kier molecular flexibility index (Phi) is 4.44. The third kappa shape index (κ3) is 3.58. The summed E-state index contributed by atoms with van der Waals surface area (Å²) in [6, 6.07) is 14.0. The highest BCUT2D eigenvalue weighted by Gasteiger charge is 2.26. The molecule has 0 radical (unpaired) electrons. The van der Waals surface area contributed by atoms with E-state index in [1.165, 1.54) is 5.56 Å². The smallest absolute Gasteiger partial charge is 0.0931 e. The van der Waals surface area contributed by atoms with Crippen molar-refractivity contribution in [1.29, 1.82) is 0 Å². The molecule has 1 atom stereocenters. The summed E-state index contributed by atoms with van der Waals surface area (Å²) in [5.41, 5.74) is 0.486. The predicted octanol–water partition coefficient (Wildman–Crippen LogP) is 4.33. The van der Waals surface area contributed by atoms with Crippen LogP contribution in [0.1, 0.15) is 23.8 Å². The zero-order valence-corrected chi connectivity index (χ0v) is 12.0. The van der Waals surface area contributed by atoms with E-state index in [0.717, 1.165) is 15.6 Å². The molecule has 1 aromatic heterocycles. The molecule has 0 saturated heterocycles. The van der Waals surface area contributed by atoms with Crippen molar-refractivity contribution < 1.29 is 5.11 Å². The minimum Gasteiger partial charge on any atom is -0.389 e. The van der Waals surface area contributed by atoms with E-state index in [1.54, 1.807) is 11.3 Å². The van der Waals surface area contributed by atoms with Crippen LogP contribution in [0.25, 0.3) is 0 Å². The zero-order chi connectivity index (χ0) is 13.0. The summed E-state index contributed by atoms with van der Waals surface area (Å²) in [5.74, 6) is 0. The highest BCUT2D eigenvalue weighted by atomic mass is 35.5. The molecule has 18 heavy (non-hydrogen) atoms. The van der Waals surface area contributed by atoms with Crippen LogP contribution < -0.4 is 0 Å². The molecule has 0 spiro atoms. The molecule has 0 aliphatic rings. The number of benzene rings is 1. The van der Waals surface area contributed by atoms with Gasteiger partial charge in [0.15, 0.2) is 0 Å². The standard InChI is InChI=1S/C15H17ClOS/c1-2-15(17,10-12-6-4-3-5-7-12)11-13-8-9-14(16)18-13/h3-9,17H,2,10-11H2,1H3. The van der Waals surface area contributed by atoms with Gasteiger partial charge >= 0.3 is 0 Å². The van der Waals surface area contributed by atoms with Crippen molar-refractivity contribution in [2.45, 2.75) is 31.8 Å². The molecule has 2 rings (SSSR count). The third-order valence-electron chi connectivity index (χ3n) is 3.17. The van der Waals surface area contributed by atoms with Gasteiger partial charge in [-0.1, -0.05) is 48.9 Å². The van der Waals surface area contributed by atoms with E-state index in [0.29, 0.717) is 12.8 Å². The Balaban J connectivity index is 2.10. The molecular formula is C15H17ClOS. The van der Waals surface area contributed by atoms with Crippen LogP contribution in [0.2, 0.25) is 4.34 Å². The van der Waals surface area contributed by atoms with E-state index in [4.69, 9.17) is 11.6 Å². The van der Waals surface area contributed by atoms with Crippen LogP contribution in [-0.2, 0) is 12.8 Å². The average Bonchev–Trinajstić information content (AvgIpc) is 2.75. The number of hydrogen-bond acceptors (Lipinski definition) is 2. The van der Waals surface area contributed by atoms with E-state index in [9.17, 15) is 5.11 Å². The van der Waals surface area contributed by atoms with Gasteiger partial charge in [-0.3, -0.25) is 0 Å². The topological polar surface area (TPSA) is 20.2 Å². The zero-order valence-electron chi connectivity index (χ0n) is 10.4. The van der Waals surface area contributed by atoms with E-state index >= 15 is 0 Å². The highest BCUT2D eigenvalue weighted by molar-refractivity contribution is 7.16. The lowest BCUT2D eigenvalue weighted by atomic mass is 9.88. The quantitative estimate of drug-likeness (QED) is 0.864. The molecule has 1 heterocycles. The largest absolute Gasteiger partial charge is 0.389 e. The Morgan fingerprint density at radius 1 is 1.11 bits per heavy atom. The molecule has 0 aliphatic heterocycles. The monoisotopic (exact) mass is 280 g/mol. The van der Waals surface area contributed by atoms with Crippen molar-refractivity contribution in [3.8, 4) is 0 Å². The summed E-state index contributed by atoms with van der Waals surface area (Å²) in [4.78, 5) is 1.14. The Bertz CT molecular complexity index is 494. The van der Waals surface area contributed by atoms with Crippen molar-refractivity contribution in [1.82, 2.24) is 0 Å². The van der Waals surface area contributed by atoms with Crippen LogP contribution in [0.4, 0.5) is 0 Å². The van der Waals surface area contributed by atoms with E-state index in [2.05, 4.69) is 12.1 Å². The molecule has 0 aliphatic carbocycles. The fourth-order valence-corrected chi connectivity index (χ4v) is 3.28. The summed E-state index contributed by atoms with van der Waals surface area (Å²) in [6.07, 6.45) is 2.08. The first-order valence-corrected chi connectivity index (χ1v) is 7.31. The Hall–Kier alpha value is -0.830. The lowest BCUT2D eigenvalue weighted by molar-refractivity contribution is 0.0376. The lowest BCUT2D eigenvalue weighted by Gasteiger charge is -2.26. The van der Waals surface area contributed by atoms with Gasteiger partial charge in [-0.2, -0.15) is 0 Å². The fourth-order valence-electron chi connectivity index (χ4n) is 2.06. The maximum Gasteiger partial charge on any atom is 0.0931 e. The molecule has 96 valence electrons. The van der Waals surface area contributed by atoms with E-state index in [-0.39, 0.29) is 0 Å². The minimum atomic E-state index is -0.685. The number of aliphatic hydroxyl groups is 1. The summed E-state index contributed by atoms with van der Waals surface area (Å²) >= 11 is 7.48. The number of rotatable bonds is 5. The predicted molar refractivity (Wildman–Crippen MR) is 78.4 cm³/mol. The molecule has 0 bridgehead atoms. The van der Waals surface area contributed by atoms with Crippen LogP contribution in [0.3, 0.4) is 0 Å². The third-order valence-corrected chi connectivity index (χ3v) is 4.40. The molecule has 0 amide bonds. The van der Waals surface area contributed by atoms with Gasteiger partial charge in [0.25, 0.3) is 0 Å². The fraction of sp³-hybridized carbons (Fsp3) is 0.333. The van der Waals surface area contributed by atoms with Gasteiger partial charge < -0.3 is 5.11 Å². The molecule has 1 unspecified atom stereocenters. The van der Waals surface area contributed by atoms with Crippen molar-refractivity contribution in [2.75, 3.05) is 0 Å². The van der Waals surface area contributed by atoms with Crippen LogP contribution >= 0.6 is 22.9 Å². The average molecular weight is 281 g/mol. The van der Waals surface area contributed by atoms with Crippen molar-refractivity contribution in [3.63, 3.8) is 0 Å². The van der Waals surface area contributed by atoms with Gasteiger partial charge in [0.05, 0.1) is 9.94 Å². The Morgan fingerprint density at radius 2 is 1.83 bits per heavy atom. The molecule has 1 nitrogen and oxygen atoms in total. The van der Waals surface area contributed by atoms with Crippen molar-refractivity contribution in [2.24, 2.45) is 0 Å². The second-order valence-corrected chi connectivity index (χ2v) is 6.42. The second kappa shape index (κ2) is 5.87. The summed E-state index contributed by atoms with van der Waals surface area (Å²) in [5, 5.41) is 10.7. The van der Waals surface area contributed by atoms with Gasteiger partial charge in [-0.05, 0) is 24.1 Å². The second-order valence-electron chi connectivity index (χ2n) is 4.62. The molecule has 1 N–H and O–H groups in total. The molecular weight excluding hydrogens is 264 g/mol. The van der Waals surface area contributed by atoms with Gasteiger partial charge in [0.1, 0.15) is 0 Å². The minimum absolute atomic E-state index is 0.662. The van der Waals surface area contributed by atoms with Crippen LogP contribution in [0.5, 0.6) is 0 Å². The number of thiophene rings is 1. The molecule has 3 heteroatoms. The maximum atomic E-state index is 10.7. The summed E-state index contributed by atoms with van der Waals surface area (Å²) in [6.45, 7) is 2.03. The Labute approximate surface area is 117 Å². The van der Waals surface area contributed by atoms with Gasteiger partial charge in [-0.25, -0.2) is 0 Å².